The summed E-state index contributed by atoms with van der Waals surface area (Å²) in [4.78, 5) is 23.0. The summed E-state index contributed by atoms with van der Waals surface area (Å²) in [5.41, 5.74) is -0.532. The summed E-state index contributed by atoms with van der Waals surface area (Å²) in [6.45, 7) is 0. The van der Waals surface area contributed by atoms with E-state index in [0.717, 1.165) is 13.2 Å². The first kappa shape index (κ1) is 16.2. The maximum atomic E-state index is 13.8. The zero-order valence-electron chi connectivity index (χ0n) is 11.2. The molecule has 9 heteroatoms. The minimum Gasteiger partial charge on any atom is -0.494 e. The molecule has 1 aliphatic rings. The van der Waals surface area contributed by atoms with E-state index in [-0.39, 0.29) is 24.0 Å². The van der Waals surface area contributed by atoms with Crippen molar-refractivity contribution in [2.45, 2.75) is 25.1 Å². The van der Waals surface area contributed by atoms with Gasteiger partial charge in [-0.2, -0.15) is 17.6 Å². The average Bonchev–Trinajstić information content (AvgIpc) is 2.44. The molecule has 0 unspecified atom stereocenters. The molecule has 1 aromatic carbocycles. The Morgan fingerprint density at radius 3 is 2.50 bits per heavy atom. The Bertz CT molecular complexity index is 642. The van der Waals surface area contributed by atoms with Gasteiger partial charge in [-0.1, -0.05) is 0 Å². The van der Waals surface area contributed by atoms with Crippen LogP contribution < -0.4 is 10.1 Å². The molecule has 0 aromatic heterocycles. The summed E-state index contributed by atoms with van der Waals surface area (Å²) in [5, 5.41) is 1.55. The molecule has 0 spiro atoms. The van der Waals surface area contributed by atoms with Crippen LogP contribution in [0.5, 0.6) is 5.75 Å². The van der Waals surface area contributed by atoms with Gasteiger partial charge in [-0.15, -0.1) is 0 Å². The van der Waals surface area contributed by atoms with Gasteiger partial charge in [0.1, 0.15) is 0 Å². The molecule has 0 fully saturated rings. The molecule has 1 aromatic rings. The van der Waals surface area contributed by atoms with E-state index in [2.05, 4.69) is 4.74 Å². The summed E-state index contributed by atoms with van der Waals surface area (Å²) in [5.74, 6) is -6.26. The van der Waals surface area contributed by atoms with Crippen molar-refractivity contribution in [1.29, 1.82) is 0 Å². The number of hydrogen-bond donors (Lipinski definition) is 1. The fourth-order valence-corrected chi connectivity index (χ4v) is 2.24. The van der Waals surface area contributed by atoms with Crippen molar-refractivity contribution in [3.63, 3.8) is 0 Å². The van der Waals surface area contributed by atoms with Crippen molar-refractivity contribution in [2.24, 2.45) is 0 Å². The van der Waals surface area contributed by atoms with Crippen LogP contribution >= 0.6 is 0 Å². The standard InChI is InChI=1S/C13H10F5NO3/c1-22-8-4-6-5(9(14)10(8)15)2-3-7(11(6)20)19-12(21)13(16,17)18/h4,7H,2-3H2,1H3,(H,19,21)/t7-/m1/s1. The highest BCUT2D eigenvalue weighted by atomic mass is 19.4. The predicted molar refractivity (Wildman–Crippen MR) is 63.5 cm³/mol. The number of Topliss-reactive ketones (excluding diaryl/α,β-unsaturated/α-hetero) is 1. The summed E-state index contributed by atoms with van der Waals surface area (Å²) >= 11 is 0. The highest BCUT2D eigenvalue weighted by molar-refractivity contribution is 6.04. The van der Waals surface area contributed by atoms with Crippen molar-refractivity contribution in [3.8, 4) is 5.75 Å². The molecule has 0 bridgehead atoms. The largest absolute Gasteiger partial charge is 0.494 e. The molecule has 0 saturated carbocycles. The van der Waals surface area contributed by atoms with Gasteiger partial charge in [-0.25, -0.2) is 4.39 Å². The van der Waals surface area contributed by atoms with Crippen LogP contribution in [0.25, 0.3) is 0 Å². The number of nitrogens with one attached hydrogen (secondary N) is 1. The second-order valence-electron chi connectivity index (χ2n) is 4.66. The van der Waals surface area contributed by atoms with Crippen LogP contribution in [0.4, 0.5) is 22.0 Å². The van der Waals surface area contributed by atoms with Crippen molar-refractivity contribution >= 4 is 11.7 Å². The summed E-state index contributed by atoms with van der Waals surface area (Å²) in [6.07, 6.45) is -5.57. The van der Waals surface area contributed by atoms with Crippen LogP contribution in [-0.4, -0.2) is 31.0 Å². The number of benzene rings is 1. The molecule has 1 atom stereocenters. The van der Waals surface area contributed by atoms with Crippen molar-refractivity contribution in [3.05, 3.63) is 28.8 Å². The van der Waals surface area contributed by atoms with Crippen LogP contribution in [0.2, 0.25) is 0 Å². The van der Waals surface area contributed by atoms with Gasteiger partial charge < -0.3 is 10.1 Å². The van der Waals surface area contributed by atoms with E-state index < -0.39 is 41.3 Å². The molecule has 4 nitrogen and oxygen atoms in total. The Morgan fingerprint density at radius 1 is 1.32 bits per heavy atom. The Kier molecular flexibility index (Phi) is 4.08. The molecule has 0 radical (unpaired) electrons. The van der Waals surface area contributed by atoms with E-state index in [1.807, 2.05) is 0 Å². The second kappa shape index (κ2) is 5.54. The first-order valence-electron chi connectivity index (χ1n) is 6.13. The number of fused-ring (bicyclic) bond motifs is 1. The molecule has 0 heterocycles. The van der Waals surface area contributed by atoms with Crippen LogP contribution in [0.15, 0.2) is 6.07 Å². The van der Waals surface area contributed by atoms with Crippen molar-refractivity contribution in [2.75, 3.05) is 7.11 Å². The van der Waals surface area contributed by atoms with Gasteiger partial charge in [-0.3, -0.25) is 9.59 Å². The highest BCUT2D eigenvalue weighted by Gasteiger charge is 2.42. The number of methoxy groups -OCH3 is 1. The maximum absolute atomic E-state index is 13.8. The predicted octanol–water partition coefficient (Wildman–Crippen LogP) is 2.15. The van der Waals surface area contributed by atoms with E-state index in [9.17, 15) is 31.5 Å². The van der Waals surface area contributed by atoms with E-state index >= 15 is 0 Å². The second-order valence-corrected chi connectivity index (χ2v) is 4.66. The van der Waals surface area contributed by atoms with E-state index in [1.165, 1.54) is 0 Å². The van der Waals surface area contributed by atoms with Crippen LogP contribution in [0.3, 0.4) is 0 Å². The van der Waals surface area contributed by atoms with Gasteiger partial charge in [0.2, 0.25) is 5.82 Å². The Balaban J connectivity index is 2.34. The average molecular weight is 323 g/mol. The first-order chi connectivity index (χ1) is 10.2. The highest BCUT2D eigenvalue weighted by Crippen LogP contribution is 2.31. The summed E-state index contributed by atoms with van der Waals surface area (Å²) in [6, 6.07) is -0.529. The minimum absolute atomic E-state index is 0.184. The number of hydrogen-bond acceptors (Lipinski definition) is 3. The SMILES string of the molecule is COc1cc2c(c(F)c1F)CC[C@@H](NC(=O)C(F)(F)F)C2=O. The van der Waals surface area contributed by atoms with Gasteiger partial charge in [0, 0.05) is 11.1 Å². The Morgan fingerprint density at radius 2 is 1.95 bits per heavy atom. The fraction of sp³-hybridized carbons (Fsp3) is 0.385. The third-order valence-electron chi connectivity index (χ3n) is 3.32. The molecule has 1 N–H and O–H groups in total. The molecule has 22 heavy (non-hydrogen) atoms. The fourth-order valence-electron chi connectivity index (χ4n) is 2.24. The van der Waals surface area contributed by atoms with Crippen LogP contribution in [0.1, 0.15) is 22.3 Å². The normalized spacial score (nSPS) is 17.9. The van der Waals surface area contributed by atoms with Gasteiger partial charge in [0.05, 0.1) is 13.2 Å². The lowest BCUT2D eigenvalue weighted by atomic mass is 9.86. The lowest BCUT2D eigenvalue weighted by Gasteiger charge is -2.25. The lowest BCUT2D eigenvalue weighted by Crippen LogP contribution is -2.48. The third-order valence-corrected chi connectivity index (χ3v) is 3.32. The lowest BCUT2D eigenvalue weighted by molar-refractivity contribution is -0.174. The van der Waals surface area contributed by atoms with Crippen LogP contribution in [0, 0.1) is 11.6 Å². The number of rotatable bonds is 2. The third kappa shape index (κ3) is 2.75. The molecule has 120 valence electrons. The molecular weight excluding hydrogens is 313 g/mol. The molecule has 1 aliphatic carbocycles. The Labute approximate surface area is 121 Å². The van der Waals surface area contributed by atoms with Gasteiger partial charge in [-0.05, 0) is 18.9 Å². The molecule has 2 rings (SSSR count). The van der Waals surface area contributed by atoms with Crippen molar-refractivity contribution in [1.82, 2.24) is 5.32 Å². The molecule has 1 amide bonds. The van der Waals surface area contributed by atoms with Gasteiger partial charge in [0.15, 0.2) is 17.3 Å². The number of ketones is 1. The summed E-state index contributed by atoms with van der Waals surface area (Å²) in [7, 11) is 1.06. The van der Waals surface area contributed by atoms with Gasteiger partial charge >= 0.3 is 12.1 Å². The van der Waals surface area contributed by atoms with Crippen molar-refractivity contribution < 1.29 is 36.3 Å². The van der Waals surface area contributed by atoms with E-state index in [4.69, 9.17) is 0 Å². The number of alkyl halides is 3. The Hall–Kier alpha value is -2.19. The minimum atomic E-state index is -5.13. The quantitative estimate of drug-likeness (QED) is 0.849. The monoisotopic (exact) mass is 323 g/mol. The first-order valence-corrected chi connectivity index (χ1v) is 6.13. The number of ether oxygens (including phenoxy) is 1. The molecular formula is C13H10F5NO3. The number of carbonyl (C=O) groups excluding carboxylic acids is 2. The zero-order chi connectivity index (χ0) is 16.7. The smallest absolute Gasteiger partial charge is 0.471 e. The van der Waals surface area contributed by atoms with E-state index in [1.54, 1.807) is 5.32 Å². The maximum Gasteiger partial charge on any atom is 0.471 e. The zero-order valence-corrected chi connectivity index (χ0v) is 11.2. The molecule has 0 saturated heterocycles. The number of halogens is 5. The number of carbonyl (C=O) groups is 2. The topological polar surface area (TPSA) is 55.4 Å². The summed E-state index contributed by atoms with van der Waals surface area (Å²) < 4.78 is 68.6. The van der Waals surface area contributed by atoms with Crippen LogP contribution in [-0.2, 0) is 11.2 Å². The van der Waals surface area contributed by atoms with Gasteiger partial charge in [0.25, 0.3) is 0 Å². The molecule has 0 aliphatic heterocycles. The van der Waals surface area contributed by atoms with E-state index in [0.29, 0.717) is 0 Å². The number of amides is 1.